The Morgan fingerprint density at radius 3 is 2.49 bits per heavy atom. The first-order valence-electron chi connectivity index (χ1n) is 24.5. The number of methoxy groups -OCH3 is 1. The van der Waals surface area contributed by atoms with E-state index in [1.54, 1.807) is 31.1 Å². The van der Waals surface area contributed by atoms with Gasteiger partial charge in [0.2, 0.25) is 21.8 Å². The average Bonchev–Trinajstić information content (AvgIpc) is 4.10. The number of sulfonamides is 1. The molecule has 5 heterocycles. The maximum atomic E-state index is 15.3. The number of rotatable bonds is 11. The number of nitrogens with one attached hydrogen (secondary N) is 2. The van der Waals surface area contributed by atoms with Crippen molar-refractivity contribution in [3.05, 3.63) is 76.8 Å². The fourth-order valence-electron chi connectivity index (χ4n) is 10.1. The zero-order valence-electron chi connectivity index (χ0n) is 40.6. The predicted octanol–water partition coefficient (Wildman–Crippen LogP) is 7.50. The van der Waals surface area contributed by atoms with Crippen LogP contribution in [0.25, 0.3) is 21.6 Å². The molecule has 2 saturated carbocycles. The summed E-state index contributed by atoms with van der Waals surface area (Å²) >= 11 is 1.50. The molecule has 3 aliphatic heterocycles. The van der Waals surface area contributed by atoms with Crippen molar-refractivity contribution in [2.75, 3.05) is 52.2 Å². The van der Waals surface area contributed by atoms with Crippen molar-refractivity contribution in [3.8, 4) is 22.2 Å². The highest BCUT2D eigenvalue weighted by Gasteiger charge is 2.62. The number of fused-ring (bicyclic) bond motifs is 3. The van der Waals surface area contributed by atoms with Gasteiger partial charge < -0.3 is 29.5 Å². The van der Waals surface area contributed by atoms with E-state index in [0.717, 1.165) is 60.4 Å². The van der Waals surface area contributed by atoms with E-state index in [1.165, 1.54) is 11.3 Å². The second-order valence-electron chi connectivity index (χ2n) is 20.4. The second kappa shape index (κ2) is 19.4. The zero-order chi connectivity index (χ0) is 48.8. The van der Waals surface area contributed by atoms with Gasteiger partial charge in [-0.1, -0.05) is 44.9 Å². The number of nitrogens with zero attached hydrogens (tertiary/aromatic N) is 5. The van der Waals surface area contributed by atoms with E-state index >= 15 is 9.59 Å². The number of hydrogen-bond acceptors (Lipinski definition) is 13. The Morgan fingerprint density at radius 1 is 0.986 bits per heavy atom. The molecular weight excluding hydrogens is 915 g/mol. The smallest absolute Gasteiger partial charge is 0.254 e. The van der Waals surface area contributed by atoms with Crippen molar-refractivity contribution in [2.45, 2.75) is 121 Å². The number of carbonyl (C=O) groups excluding carboxylic acids is 4. The largest absolute Gasteiger partial charge is 0.496 e. The van der Waals surface area contributed by atoms with Gasteiger partial charge in [-0.05, 0) is 102 Å². The molecule has 3 amide bonds. The topological polar surface area (TPSA) is 180 Å². The molecule has 2 aliphatic carbocycles. The molecule has 5 aliphatic rings. The van der Waals surface area contributed by atoms with Crippen LogP contribution in [-0.2, 0) is 24.4 Å². The van der Waals surface area contributed by atoms with E-state index in [-0.39, 0.29) is 48.8 Å². The number of thiazole rings is 1. The number of pyridine rings is 1. The summed E-state index contributed by atoms with van der Waals surface area (Å²) in [4.78, 5) is 74.0. The van der Waals surface area contributed by atoms with Gasteiger partial charge in [-0.15, -0.1) is 11.3 Å². The number of hydrogen-bond donors (Lipinski definition) is 2. The first kappa shape index (κ1) is 48.6. The third kappa shape index (κ3) is 10.0. The Hall–Kier alpha value is -5.39. The van der Waals surface area contributed by atoms with Crippen LogP contribution in [0.15, 0.2) is 60.0 Å². The molecular formula is C52H65N7O8S2. The maximum Gasteiger partial charge on any atom is 0.254 e. The van der Waals surface area contributed by atoms with Gasteiger partial charge in [0.05, 0.1) is 41.1 Å². The lowest BCUT2D eigenvalue weighted by Crippen LogP contribution is -2.49. The number of ketones is 1. The molecule has 0 radical (unpaired) electrons. The number of allylic oxidation sites excluding steroid dienone is 2. The van der Waals surface area contributed by atoms with Gasteiger partial charge in [0.25, 0.3) is 5.91 Å². The van der Waals surface area contributed by atoms with Gasteiger partial charge in [0, 0.05) is 72.7 Å². The fraction of sp³-hybridized carbons (Fsp3) is 0.538. The number of piperazine rings is 1. The fourth-order valence-corrected chi connectivity index (χ4v) is 12.4. The summed E-state index contributed by atoms with van der Waals surface area (Å²) in [5, 5.41) is 6.99. The van der Waals surface area contributed by atoms with Crippen LogP contribution >= 0.6 is 11.3 Å². The Bertz CT molecular complexity index is 2780. The molecule has 17 heteroatoms. The molecule has 69 heavy (non-hydrogen) atoms. The molecule has 9 rings (SSSR count). The van der Waals surface area contributed by atoms with E-state index < -0.39 is 44.3 Å². The number of ether oxygens (including phenoxy) is 2. The number of likely N-dealkylation sites (N-methyl/N-ethyl adjacent to an activating group) is 1. The van der Waals surface area contributed by atoms with Gasteiger partial charge in [0.15, 0.2) is 5.78 Å². The monoisotopic (exact) mass is 979 g/mol. The summed E-state index contributed by atoms with van der Waals surface area (Å²) < 4.78 is 40.9. The lowest BCUT2D eigenvalue weighted by molar-refractivity contribution is -0.139. The van der Waals surface area contributed by atoms with Gasteiger partial charge in [0.1, 0.15) is 34.3 Å². The summed E-state index contributed by atoms with van der Waals surface area (Å²) in [7, 11) is -0.316. The average molecular weight is 980 g/mol. The van der Waals surface area contributed by atoms with Crippen LogP contribution in [0.1, 0.15) is 113 Å². The minimum Gasteiger partial charge on any atom is -0.496 e. The number of Topliss-reactive ketones (excluding diaryl/α,β-unsaturated/α-hetero) is 1. The van der Waals surface area contributed by atoms with E-state index in [1.807, 2.05) is 66.7 Å². The highest BCUT2D eigenvalue weighted by atomic mass is 32.2. The lowest BCUT2D eigenvalue weighted by Gasteiger charge is -2.32. The van der Waals surface area contributed by atoms with Crippen molar-refractivity contribution in [1.82, 2.24) is 29.4 Å². The lowest BCUT2D eigenvalue weighted by atomic mass is 9.91. The highest BCUT2D eigenvalue weighted by molar-refractivity contribution is 7.91. The van der Waals surface area contributed by atoms with E-state index in [9.17, 15) is 18.0 Å². The van der Waals surface area contributed by atoms with Crippen molar-refractivity contribution in [1.29, 1.82) is 0 Å². The molecule has 2 aromatic carbocycles. The van der Waals surface area contributed by atoms with Gasteiger partial charge in [-0.25, -0.2) is 18.4 Å². The Morgan fingerprint density at radius 2 is 1.77 bits per heavy atom. The third-order valence-electron chi connectivity index (χ3n) is 15.1. The number of anilines is 1. The molecule has 0 unspecified atom stereocenters. The van der Waals surface area contributed by atoms with Gasteiger partial charge in [-0.2, -0.15) is 0 Å². The second-order valence-corrected chi connectivity index (χ2v) is 23.5. The summed E-state index contributed by atoms with van der Waals surface area (Å²) in [6.45, 7) is 10.7. The Labute approximate surface area is 409 Å². The number of aryl methyl sites for hydroxylation is 1. The highest BCUT2D eigenvalue weighted by Crippen LogP contribution is 2.58. The molecule has 4 aromatic rings. The Balaban J connectivity index is 1.06. The number of aromatic nitrogens is 2. The molecule has 2 aromatic heterocycles. The number of benzene rings is 2. The standard InChI is InChI=1S/C52H65N7O8S2/c1-32(2)41-31-68-47(55-41)40-27-45(38-17-18-44(66-6)33(3)46(38)54-40)67-37-26-42-43(60)29-52(50(63)56-69(64,65)51(4)19-20-51)28-35(52)14-10-8-7-9-11-16-39(49(62)59(42)30-37)53-36-15-12-13-34(25-36)48(61)58-23-21-57(5)22-24-58/h10,12-15,17-18,25,27,31-32,35,37,39,42,53H,7-9,11,16,19-24,26,28-30H2,1-6H3,(H,56,63)/b14-10-/t35-,37-,39+,42+,52-/m1/s1. The predicted molar refractivity (Wildman–Crippen MR) is 267 cm³/mol. The first-order chi connectivity index (χ1) is 33.0. The van der Waals surface area contributed by atoms with E-state index in [4.69, 9.17) is 19.4 Å². The van der Waals surface area contributed by atoms with Crippen molar-refractivity contribution in [3.63, 3.8) is 0 Å². The van der Waals surface area contributed by atoms with Crippen LogP contribution < -0.4 is 19.5 Å². The minimum absolute atomic E-state index is 0.0653. The van der Waals surface area contributed by atoms with Crippen LogP contribution in [-0.4, -0.2) is 126 Å². The molecule has 0 bridgehead atoms. The normalized spacial score (nSPS) is 25.8. The quantitative estimate of drug-likeness (QED) is 0.142. The summed E-state index contributed by atoms with van der Waals surface area (Å²) in [5.41, 5.74) is 2.95. The van der Waals surface area contributed by atoms with Crippen LogP contribution in [0.3, 0.4) is 0 Å². The Kier molecular flexibility index (Phi) is 13.7. The first-order valence-corrected chi connectivity index (χ1v) is 26.9. The minimum atomic E-state index is -3.98. The summed E-state index contributed by atoms with van der Waals surface area (Å²) in [6, 6.07) is 11.2. The molecule has 2 N–H and O–H groups in total. The van der Waals surface area contributed by atoms with E-state index in [2.05, 4.69) is 28.8 Å². The molecule has 15 nitrogen and oxygen atoms in total. The zero-order valence-corrected chi connectivity index (χ0v) is 42.2. The molecule has 368 valence electrons. The van der Waals surface area contributed by atoms with Crippen LogP contribution in [0, 0.1) is 18.3 Å². The van der Waals surface area contributed by atoms with Crippen LogP contribution in [0.4, 0.5) is 5.69 Å². The van der Waals surface area contributed by atoms with Crippen molar-refractivity contribution < 1.29 is 37.1 Å². The SMILES string of the molecule is COc1ccc2c(O[C@@H]3C[C@H]4C(=O)C[C@]5(C(=O)NS(=O)(=O)C6(C)CC6)C[C@H]5/C=C\CCCCC[C@H](Nc5cccc(C(=O)N6CCN(C)CC6)c5)C(=O)N4C3)cc(-c3nc(C(C)C)cs3)nc2c1C. The molecule has 5 atom stereocenters. The van der Waals surface area contributed by atoms with Crippen LogP contribution in [0.2, 0.25) is 0 Å². The summed E-state index contributed by atoms with van der Waals surface area (Å²) in [5.74, 6) is -0.264. The third-order valence-corrected chi connectivity index (χ3v) is 18.1. The van der Waals surface area contributed by atoms with Crippen LogP contribution in [0.5, 0.6) is 11.5 Å². The number of carbonyl (C=O) groups is 4. The molecule has 0 spiro atoms. The van der Waals surface area contributed by atoms with Gasteiger partial charge in [-0.3, -0.25) is 23.9 Å². The molecule has 2 saturated heterocycles. The maximum absolute atomic E-state index is 15.3. The molecule has 4 fully saturated rings. The summed E-state index contributed by atoms with van der Waals surface area (Å²) in [6.07, 6.45) is 8.13. The number of amides is 3. The van der Waals surface area contributed by atoms with E-state index in [0.29, 0.717) is 72.7 Å². The van der Waals surface area contributed by atoms with Gasteiger partial charge >= 0.3 is 0 Å². The van der Waals surface area contributed by atoms with Crippen molar-refractivity contribution in [2.24, 2.45) is 11.3 Å². The van der Waals surface area contributed by atoms with Crippen molar-refractivity contribution >= 4 is 61.5 Å².